The Hall–Kier alpha value is -2.90. The summed E-state index contributed by atoms with van der Waals surface area (Å²) in [5.74, 6) is 0.464. The fraction of sp³-hybridized carbons (Fsp3) is 0.304. The second-order valence-electron chi connectivity index (χ2n) is 7.40. The molecule has 0 spiro atoms. The van der Waals surface area contributed by atoms with Crippen LogP contribution in [0.5, 0.6) is 0 Å². The third-order valence-corrected chi connectivity index (χ3v) is 5.62. The molecule has 0 aliphatic rings. The minimum absolute atomic E-state index is 0.000583. The molecule has 3 aromatic rings. The van der Waals surface area contributed by atoms with Crippen molar-refractivity contribution in [2.24, 2.45) is 0 Å². The van der Waals surface area contributed by atoms with Gasteiger partial charge in [0.05, 0.1) is 25.9 Å². The highest BCUT2D eigenvalue weighted by Crippen LogP contribution is 2.19. The molecule has 0 saturated heterocycles. The molecule has 3 rings (SSSR count). The van der Waals surface area contributed by atoms with Crippen LogP contribution in [0.15, 0.2) is 59.2 Å². The van der Waals surface area contributed by atoms with E-state index in [0.717, 1.165) is 17.0 Å². The van der Waals surface area contributed by atoms with Gasteiger partial charge in [0, 0.05) is 29.0 Å². The van der Waals surface area contributed by atoms with E-state index in [1.165, 1.54) is 14.7 Å². The number of thiophene rings is 1. The Morgan fingerprint density at radius 2 is 1.77 bits per heavy atom. The number of hydrogen-bond acceptors (Lipinski definition) is 5. The predicted octanol–water partition coefficient (Wildman–Crippen LogP) is 4.06. The van der Waals surface area contributed by atoms with Crippen LogP contribution in [0.25, 0.3) is 0 Å². The van der Waals surface area contributed by atoms with Gasteiger partial charge in [-0.15, -0.1) is 11.3 Å². The lowest BCUT2D eigenvalue weighted by atomic mass is 10.2. The summed E-state index contributed by atoms with van der Waals surface area (Å²) in [6.45, 7) is 5.43. The van der Waals surface area contributed by atoms with E-state index in [2.05, 4.69) is 24.4 Å². The third-order valence-electron chi connectivity index (χ3n) is 4.64. The molecule has 0 fully saturated rings. The molecule has 7 heteroatoms. The molecule has 1 N–H and O–H groups in total. The number of nitrogens with zero attached hydrogens (tertiary/aromatic N) is 2. The van der Waals surface area contributed by atoms with Gasteiger partial charge in [-0.05, 0) is 50.2 Å². The maximum absolute atomic E-state index is 12.8. The van der Waals surface area contributed by atoms with E-state index in [4.69, 9.17) is 4.42 Å². The average molecular weight is 426 g/mol. The van der Waals surface area contributed by atoms with Gasteiger partial charge in [0.2, 0.25) is 11.8 Å². The van der Waals surface area contributed by atoms with Crippen LogP contribution < -0.4 is 5.32 Å². The van der Waals surface area contributed by atoms with Crippen molar-refractivity contribution >= 4 is 28.8 Å². The van der Waals surface area contributed by atoms with E-state index in [-0.39, 0.29) is 24.9 Å². The standard InChI is InChI=1S/C23H27N3O3S/c1-17-6-9-19(10-7-17)24-22(27)15-25(3)23(28)16-26(13-20-5-4-12-29-20)14-21-11-8-18(2)30-21/h4-12H,13-16H2,1-3H3,(H,24,27). The van der Waals surface area contributed by atoms with Crippen molar-refractivity contribution in [3.8, 4) is 0 Å². The number of furan rings is 1. The number of aryl methyl sites for hydroxylation is 2. The largest absolute Gasteiger partial charge is 0.468 e. The van der Waals surface area contributed by atoms with Crippen LogP contribution in [0.1, 0.15) is 21.1 Å². The molecular formula is C23H27N3O3S. The highest BCUT2D eigenvalue weighted by atomic mass is 32.1. The fourth-order valence-electron chi connectivity index (χ4n) is 3.03. The zero-order valence-corrected chi connectivity index (χ0v) is 18.4. The number of likely N-dealkylation sites (N-methyl/N-ethyl adjacent to an activating group) is 1. The van der Waals surface area contributed by atoms with Crippen LogP contribution in [-0.2, 0) is 22.7 Å². The summed E-state index contributed by atoms with van der Waals surface area (Å²) < 4.78 is 5.46. The van der Waals surface area contributed by atoms with Crippen molar-refractivity contribution in [3.63, 3.8) is 0 Å². The Balaban J connectivity index is 1.57. The van der Waals surface area contributed by atoms with Crippen LogP contribution in [0.3, 0.4) is 0 Å². The maximum atomic E-state index is 12.8. The number of nitrogens with one attached hydrogen (secondary N) is 1. The molecule has 0 bridgehead atoms. The Labute approximate surface area is 181 Å². The van der Waals surface area contributed by atoms with Gasteiger partial charge < -0.3 is 14.6 Å². The van der Waals surface area contributed by atoms with Gasteiger partial charge in [-0.25, -0.2) is 0 Å². The van der Waals surface area contributed by atoms with Crippen molar-refractivity contribution in [1.29, 1.82) is 0 Å². The number of amides is 2. The minimum Gasteiger partial charge on any atom is -0.468 e. The van der Waals surface area contributed by atoms with Crippen molar-refractivity contribution < 1.29 is 14.0 Å². The van der Waals surface area contributed by atoms with Crippen LogP contribution in [0, 0.1) is 13.8 Å². The highest BCUT2D eigenvalue weighted by Gasteiger charge is 2.19. The van der Waals surface area contributed by atoms with E-state index in [9.17, 15) is 9.59 Å². The smallest absolute Gasteiger partial charge is 0.243 e. The van der Waals surface area contributed by atoms with Gasteiger partial charge in [0.15, 0.2) is 0 Å². The normalized spacial score (nSPS) is 10.9. The summed E-state index contributed by atoms with van der Waals surface area (Å²) in [5.41, 5.74) is 1.84. The number of carbonyl (C=O) groups excluding carboxylic acids is 2. The molecule has 30 heavy (non-hydrogen) atoms. The molecule has 0 radical (unpaired) electrons. The first-order chi connectivity index (χ1) is 14.4. The lowest BCUT2D eigenvalue weighted by Gasteiger charge is -2.24. The molecule has 2 amide bonds. The van der Waals surface area contributed by atoms with Crippen LogP contribution >= 0.6 is 11.3 Å². The minimum atomic E-state index is -0.221. The van der Waals surface area contributed by atoms with Crippen LogP contribution in [-0.4, -0.2) is 41.8 Å². The Kier molecular flexibility index (Phi) is 7.43. The molecule has 0 unspecified atom stereocenters. The first-order valence-corrected chi connectivity index (χ1v) is 10.6. The van der Waals surface area contributed by atoms with Gasteiger partial charge in [-0.2, -0.15) is 0 Å². The van der Waals surface area contributed by atoms with Gasteiger partial charge in [0.25, 0.3) is 0 Å². The SMILES string of the molecule is Cc1ccc(NC(=O)CN(C)C(=O)CN(Cc2ccco2)Cc2ccc(C)s2)cc1. The van der Waals surface area contributed by atoms with Gasteiger partial charge in [-0.1, -0.05) is 17.7 Å². The van der Waals surface area contributed by atoms with Gasteiger partial charge >= 0.3 is 0 Å². The molecule has 1 aromatic carbocycles. The second-order valence-corrected chi connectivity index (χ2v) is 8.77. The number of carbonyl (C=O) groups is 2. The van der Waals surface area contributed by atoms with Crippen LogP contribution in [0.2, 0.25) is 0 Å². The molecule has 158 valence electrons. The maximum Gasteiger partial charge on any atom is 0.243 e. The molecular weight excluding hydrogens is 398 g/mol. The zero-order valence-electron chi connectivity index (χ0n) is 17.6. The lowest BCUT2D eigenvalue weighted by Crippen LogP contribution is -2.41. The van der Waals surface area contributed by atoms with Gasteiger partial charge in [0.1, 0.15) is 5.76 Å². The highest BCUT2D eigenvalue weighted by molar-refractivity contribution is 7.11. The summed E-state index contributed by atoms with van der Waals surface area (Å²) in [7, 11) is 1.65. The monoisotopic (exact) mass is 425 g/mol. The summed E-state index contributed by atoms with van der Waals surface area (Å²) in [6.07, 6.45) is 1.63. The van der Waals surface area contributed by atoms with Gasteiger partial charge in [-0.3, -0.25) is 14.5 Å². The zero-order chi connectivity index (χ0) is 21.5. The Morgan fingerprint density at radius 1 is 1.00 bits per heavy atom. The molecule has 6 nitrogen and oxygen atoms in total. The van der Waals surface area contributed by atoms with Crippen molar-refractivity contribution in [3.05, 3.63) is 75.9 Å². The second kappa shape index (κ2) is 10.2. The summed E-state index contributed by atoms with van der Waals surface area (Å²) in [5, 5.41) is 2.83. The van der Waals surface area contributed by atoms with Crippen LogP contribution in [0.4, 0.5) is 5.69 Å². The lowest BCUT2D eigenvalue weighted by molar-refractivity contribution is -0.134. The molecule has 0 aliphatic heterocycles. The summed E-state index contributed by atoms with van der Waals surface area (Å²) in [4.78, 5) is 31.0. The molecule has 0 atom stereocenters. The molecule has 2 heterocycles. The van der Waals surface area contributed by atoms with Crippen molar-refractivity contribution in [2.45, 2.75) is 26.9 Å². The average Bonchev–Trinajstić information content (AvgIpc) is 3.35. The number of anilines is 1. The third kappa shape index (κ3) is 6.57. The summed E-state index contributed by atoms with van der Waals surface area (Å²) >= 11 is 1.72. The quantitative estimate of drug-likeness (QED) is 0.562. The number of hydrogen-bond donors (Lipinski definition) is 1. The topological polar surface area (TPSA) is 65.8 Å². The molecule has 0 aliphatic carbocycles. The predicted molar refractivity (Wildman–Crippen MR) is 119 cm³/mol. The van der Waals surface area contributed by atoms with Crippen molar-refractivity contribution in [1.82, 2.24) is 9.80 Å². The van der Waals surface area contributed by atoms with Crippen molar-refractivity contribution in [2.75, 3.05) is 25.5 Å². The molecule has 2 aromatic heterocycles. The van der Waals surface area contributed by atoms with E-state index in [0.29, 0.717) is 13.1 Å². The first-order valence-electron chi connectivity index (χ1n) is 9.79. The Bertz CT molecular complexity index is 964. The fourth-order valence-corrected chi connectivity index (χ4v) is 3.97. The van der Waals surface area contributed by atoms with E-state index >= 15 is 0 Å². The number of benzene rings is 1. The summed E-state index contributed by atoms with van der Waals surface area (Å²) in [6, 6.07) is 15.5. The molecule has 0 saturated carbocycles. The first kappa shape index (κ1) is 21.8. The number of rotatable bonds is 9. The van der Waals surface area contributed by atoms with E-state index < -0.39 is 0 Å². The van der Waals surface area contributed by atoms with E-state index in [1.54, 1.807) is 24.6 Å². The Morgan fingerprint density at radius 3 is 2.40 bits per heavy atom. The van der Waals surface area contributed by atoms with E-state index in [1.807, 2.05) is 48.2 Å².